The fraction of sp³-hybridized carbons (Fsp3) is 0. The second-order valence-electron chi connectivity index (χ2n) is 4.55. The number of sulfonamides is 1. The average molecular weight is 443 g/mol. The summed E-state index contributed by atoms with van der Waals surface area (Å²) in [5.74, 6) is -0.535. The van der Waals surface area contributed by atoms with Crippen LogP contribution in [0.4, 0.5) is 10.1 Å². The Labute approximate surface area is 160 Å². The lowest BCUT2D eigenvalue weighted by molar-refractivity contribution is 0.603. The molecule has 0 bridgehead atoms. The van der Waals surface area contributed by atoms with Crippen LogP contribution in [0, 0.1) is 5.82 Å². The summed E-state index contributed by atoms with van der Waals surface area (Å²) in [6.45, 7) is 0. The highest BCUT2D eigenvalue weighted by Gasteiger charge is 2.23. The van der Waals surface area contributed by atoms with Gasteiger partial charge in [-0.3, -0.25) is 4.72 Å². The van der Waals surface area contributed by atoms with Gasteiger partial charge >= 0.3 is 0 Å². The summed E-state index contributed by atoms with van der Waals surface area (Å²) in [5, 5.41) is 1.99. The van der Waals surface area contributed by atoms with Crippen molar-refractivity contribution in [1.82, 2.24) is 0 Å². The second-order valence-corrected chi connectivity index (χ2v) is 9.85. The summed E-state index contributed by atoms with van der Waals surface area (Å²) in [4.78, 5) is 0.385. The fourth-order valence-corrected chi connectivity index (χ4v) is 6.19. The van der Waals surface area contributed by atoms with Crippen molar-refractivity contribution in [3.63, 3.8) is 0 Å². The third-order valence-corrected chi connectivity index (χ3v) is 7.94. The Hall–Kier alpha value is -0.830. The van der Waals surface area contributed by atoms with Crippen LogP contribution >= 0.6 is 57.5 Å². The Morgan fingerprint density at radius 3 is 2.46 bits per heavy atom. The number of nitrogens with one attached hydrogen (secondary N) is 1. The quantitative estimate of drug-likeness (QED) is 0.510. The van der Waals surface area contributed by atoms with Gasteiger partial charge in [0.1, 0.15) is 14.4 Å². The van der Waals surface area contributed by atoms with E-state index in [-0.39, 0.29) is 29.8 Å². The molecule has 1 N–H and O–H groups in total. The molecule has 0 unspecified atom stereocenters. The maximum Gasteiger partial charge on any atom is 0.271 e. The molecule has 24 heavy (non-hydrogen) atoms. The first-order chi connectivity index (χ1) is 11.3. The highest BCUT2D eigenvalue weighted by molar-refractivity contribution is 7.94. The highest BCUT2D eigenvalue weighted by atomic mass is 35.5. The maximum absolute atomic E-state index is 14.1. The van der Waals surface area contributed by atoms with Crippen molar-refractivity contribution in [2.45, 2.75) is 4.21 Å². The van der Waals surface area contributed by atoms with Crippen LogP contribution < -0.4 is 4.72 Å². The SMILES string of the molecule is O=S(=O)(Nc1ccsc1-c1c(F)cccc1Cl)c1cc(Cl)c(Cl)s1. The van der Waals surface area contributed by atoms with Gasteiger partial charge in [0.05, 0.1) is 20.6 Å². The molecule has 0 amide bonds. The van der Waals surface area contributed by atoms with Crippen LogP contribution in [0.5, 0.6) is 0 Å². The largest absolute Gasteiger partial charge is 0.277 e. The normalized spacial score (nSPS) is 11.7. The van der Waals surface area contributed by atoms with Crippen LogP contribution in [-0.2, 0) is 10.0 Å². The lowest BCUT2D eigenvalue weighted by atomic mass is 10.1. The van der Waals surface area contributed by atoms with Crippen LogP contribution in [0.15, 0.2) is 39.9 Å². The highest BCUT2D eigenvalue weighted by Crippen LogP contribution is 2.41. The predicted molar refractivity (Wildman–Crippen MR) is 99.9 cm³/mol. The van der Waals surface area contributed by atoms with Crippen molar-refractivity contribution >= 4 is 73.2 Å². The monoisotopic (exact) mass is 441 g/mol. The Morgan fingerprint density at radius 2 is 1.83 bits per heavy atom. The van der Waals surface area contributed by atoms with E-state index in [0.717, 1.165) is 11.3 Å². The molecule has 2 aromatic heterocycles. The minimum absolute atomic E-state index is 0.0331. The van der Waals surface area contributed by atoms with Gasteiger partial charge in [-0.25, -0.2) is 12.8 Å². The van der Waals surface area contributed by atoms with E-state index < -0.39 is 15.8 Å². The minimum Gasteiger partial charge on any atom is -0.277 e. The van der Waals surface area contributed by atoms with Gasteiger partial charge in [0.15, 0.2) is 0 Å². The molecular formula is C14H7Cl3FNO2S3. The molecular weight excluding hydrogens is 436 g/mol. The van der Waals surface area contributed by atoms with Crippen LogP contribution in [0.1, 0.15) is 0 Å². The zero-order valence-corrected chi connectivity index (χ0v) is 16.2. The molecule has 0 saturated heterocycles. The Kier molecular flexibility index (Phi) is 5.11. The topological polar surface area (TPSA) is 46.2 Å². The molecule has 3 rings (SSSR count). The summed E-state index contributed by atoms with van der Waals surface area (Å²) >= 11 is 19.7. The fourth-order valence-electron chi connectivity index (χ4n) is 1.95. The van der Waals surface area contributed by atoms with Gasteiger partial charge < -0.3 is 0 Å². The third-order valence-electron chi connectivity index (χ3n) is 2.99. The lowest BCUT2D eigenvalue weighted by Crippen LogP contribution is -2.11. The number of halogens is 4. The van der Waals surface area contributed by atoms with Crippen LogP contribution in [0.3, 0.4) is 0 Å². The summed E-state index contributed by atoms with van der Waals surface area (Å²) in [7, 11) is -3.90. The van der Waals surface area contributed by atoms with Gasteiger partial charge in [-0.1, -0.05) is 40.9 Å². The van der Waals surface area contributed by atoms with Crippen LogP contribution in [0.2, 0.25) is 14.4 Å². The summed E-state index contributed by atoms with van der Waals surface area (Å²) in [6.07, 6.45) is 0. The van der Waals surface area contributed by atoms with Crippen LogP contribution in [0.25, 0.3) is 10.4 Å². The summed E-state index contributed by atoms with van der Waals surface area (Å²) in [6, 6.07) is 7.08. The molecule has 10 heteroatoms. The van der Waals surface area contributed by atoms with Crippen molar-refractivity contribution in [3.05, 3.63) is 55.9 Å². The Bertz CT molecular complexity index is 974. The number of hydrogen-bond acceptors (Lipinski definition) is 4. The first-order valence-electron chi connectivity index (χ1n) is 6.29. The third kappa shape index (κ3) is 3.42. The Morgan fingerprint density at radius 1 is 1.08 bits per heavy atom. The van der Waals surface area contributed by atoms with E-state index in [2.05, 4.69) is 4.72 Å². The van der Waals surface area contributed by atoms with Gasteiger partial charge in [-0.05, 0) is 29.6 Å². The molecule has 0 aliphatic rings. The molecule has 0 saturated carbocycles. The van der Waals surface area contributed by atoms with Gasteiger partial charge in [-0.15, -0.1) is 22.7 Å². The molecule has 3 aromatic rings. The van der Waals surface area contributed by atoms with Gasteiger partial charge in [0.2, 0.25) is 0 Å². The minimum atomic E-state index is -3.90. The molecule has 0 spiro atoms. The summed E-state index contributed by atoms with van der Waals surface area (Å²) < 4.78 is 41.6. The van der Waals surface area contributed by atoms with Crippen molar-refractivity contribution in [2.24, 2.45) is 0 Å². The zero-order chi connectivity index (χ0) is 17.5. The first-order valence-corrected chi connectivity index (χ1v) is 10.6. The maximum atomic E-state index is 14.1. The molecule has 3 nitrogen and oxygen atoms in total. The van der Waals surface area contributed by atoms with Crippen molar-refractivity contribution in [3.8, 4) is 10.4 Å². The van der Waals surface area contributed by atoms with Crippen molar-refractivity contribution in [2.75, 3.05) is 4.72 Å². The lowest BCUT2D eigenvalue weighted by Gasteiger charge is -2.09. The van der Waals surface area contributed by atoms with E-state index >= 15 is 0 Å². The van der Waals surface area contributed by atoms with Crippen molar-refractivity contribution in [1.29, 1.82) is 0 Å². The number of rotatable bonds is 4. The number of thiophene rings is 2. The van der Waals surface area contributed by atoms with E-state index in [1.54, 1.807) is 5.38 Å². The Balaban J connectivity index is 2.03. The van der Waals surface area contributed by atoms with Gasteiger partial charge in [-0.2, -0.15) is 0 Å². The molecule has 0 aliphatic heterocycles. The van der Waals surface area contributed by atoms with Crippen molar-refractivity contribution < 1.29 is 12.8 Å². The van der Waals surface area contributed by atoms with E-state index in [4.69, 9.17) is 34.8 Å². The van der Waals surface area contributed by atoms with E-state index in [0.29, 0.717) is 4.88 Å². The molecule has 2 heterocycles. The number of hydrogen-bond donors (Lipinski definition) is 1. The average Bonchev–Trinajstić information content (AvgIpc) is 3.07. The van der Waals surface area contributed by atoms with Crippen LogP contribution in [-0.4, -0.2) is 8.42 Å². The van der Waals surface area contributed by atoms with E-state index in [9.17, 15) is 12.8 Å². The second kappa shape index (κ2) is 6.82. The summed E-state index contributed by atoms with van der Waals surface area (Å²) in [5.41, 5.74) is 0.377. The van der Waals surface area contributed by atoms with E-state index in [1.807, 2.05) is 0 Å². The number of benzene rings is 1. The molecule has 1 aromatic carbocycles. The smallest absolute Gasteiger partial charge is 0.271 e. The van der Waals surface area contributed by atoms with Gasteiger partial charge in [0.25, 0.3) is 10.0 Å². The standard InChI is InChI=1S/C14H7Cl3FNO2S3/c15-7-2-1-3-9(18)12(7)13-10(4-5-22-13)19-24(20,21)11-6-8(16)14(17)23-11/h1-6,19H. The first kappa shape index (κ1) is 18.0. The van der Waals surface area contributed by atoms with E-state index in [1.165, 1.54) is 41.7 Å². The molecule has 0 aliphatic carbocycles. The number of anilines is 1. The zero-order valence-electron chi connectivity index (χ0n) is 11.5. The molecule has 0 fully saturated rings. The molecule has 126 valence electrons. The molecule has 0 atom stereocenters. The molecule has 0 radical (unpaired) electrons. The predicted octanol–water partition coefficient (Wildman–Crippen LogP) is 6.38. The van der Waals surface area contributed by atoms with Gasteiger partial charge in [0, 0.05) is 5.56 Å².